The largest absolute Gasteiger partial charge is 0.310 e. The van der Waals surface area contributed by atoms with Crippen molar-refractivity contribution in [3.63, 3.8) is 0 Å². The minimum absolute atomic E-state index is 0.173. The molecule has 1 amide bonds. The van der Waals surface area contributed by atoms with E-state index in [4.69, 9.17) is 11.6 Å². The third kappa shape index (κ3) is 4.15. The summed E-state index contributed by atoms with van der Waals surface area (Å²) in [5.74, 6) is 1.00. The number of aromatic nitrogens is 5. The van der Waals surface area contributed by atoms with Gasteiger partial charge in [0.05, 0.1) is 10.3 Å². The van der Waals surface area contributed by atoms with E-state index < -0.39 is 0 Å². The van der Waals surface area contributed by atoms with Gasteiger partial charge in [-0.15, -0.1) is 10.2 Å². The second kappa shape index (κ2) is 7.62. The highest BCUT2D eigenvalue weighted by atomic mass is 35.5. The van der Waals surface area contributed by atoms with Crippen molar-refractivity contribution in [1.82, 2.24) is 24.7 Å². The molecular weight excluding hydrogens is 360 g/mol. The average Bonchev–Trinajstić information content (AvgIpc) is 2.98. The molecule has 0 radical (unpaired) electrons. The smallest absolute Gasteiger partial charge is 0.238 e. The number of pyridine rings is 2. The fourth-order valence-electron chi connectivity index (χ4n) is 2.06. The molecule has 7 nitrogen and oxygen atoms in total. The number of anilines is 1. The van der Waals surface area contributed by atoms with Gasteiger partial charge in [-0.05, 0) is 31.2 Å². The molecule has 1 N–H and O–H groups in total. The highest BCUT2D eigenvalue weighted by Crippen LogP contribution is 2.26. The van der Waals surface area contributed by atoms with Crippen LogP contribution in [0.5, 0.6) is 0 Å². The molecule has 0 saturated heterocycles. The molecule has 1 atom stereocenters. The van der Waals surface area contributed by atoms with Crippen molar-refractivity contribution in [3.8, 4) is 11.4 Å². The zero-order valence-electron chi connectivity index (χ0n) is 13.5. The molecule has 3 aromatic rings. The molecule has 0 aliphatic rings. The van der Waals surface area contributed by atoms with E-state index in [-0.39, 0.29) is 11.2 Å². The number of hydrogen-bond donors (Lipinski definition) is 1. The Balaban J connectivity index is 1.68. The van der Waals surface area contributed by atoms with Crippen LogP contribution in [0.3, 0.4) is 0 Å². The Morgan fingerprint density at radius 3 is 2.68 bits per heavy atom. The predicted octanol–water partition coefficient (Wildman–Crippen LogP) is 3.04. The number of halogens is 1. The van der Waals surface area contributed by atoms with Crippen LogP contribution in [0.2, 0.25) is 5.02 Å². The fourth-order valence-corrected chi connectivity index (χ4v) is 2.99. The first-order chi connectivity index (χ1) is 12.0. The molecular formula is C16H15ClN6OS. The molecule has 0 spiro atoms. The van der Waals surface area contributed by atoms with E-state index in [0.29, 0.717) is 16.0 Å². The number of carbonyl (C=O) groups is 1. The summed E-state index contributed by atoms with van der Waals surface area (Å²) in [6.07, 6.45) is 4.89. The Bertz CT molecular complexity index is 868. The number of thioether (sulfide) groups is 1. The molecule has 9 heteroatoms. The van der Waals surface area contributed by atoms with Gasteiger partial charge in [0.15, 0.2) is 11.0 Å². The second-order valence-corrected chi connectivity index (χ2v) is 6.96. The van der Waals surface area contributed by atoms with Gasteiger partial charge in [-0.25, -0.2) is 4.98 Å². The van der Waals surface area contributed by atoms with Crippen LogP contribution in [0.4, 0.5) is 5.82 Å². The topological polar surface area (TPSA) is 85.6 Å². The molecule has 0 aliphatic heterocycles. The van der Waals surface area contributed by atoms with Crippen molar-refractivity contribution in [1.29, 1.82) is 0 Å². The van der Waals surface area contributed by atoms with Crippen molar-refractivity contribution in [2.24, 2.45) is 7.05 Å². The molecule has 0 aliphatic carbocycles. The van der Waals surface area contributed by atoms with Crippen LogP contribution in [-0.4, -0.2) is 35.9 Å². The number of hydrogen-bond acceptors (Lipinski definition) is 6. The van der Waals surface area contributed by atoms with Crippen molar-refractivity contribution in [2.45, 2.75) is 17.3 Å². The monoisotopic (exact) mass is 374 g/mol. The second-order valence-electron chi connectivity index (χ2n) is 5.21. The third-order valence-electron chi connectivity index (χ3n) is 3.40. The minimum atomic E-state index is -0.370. The molecule has 3 rings (SSSR count). The van der Waals surface area contributed by atoms with E-state index in [2.05, 4.69) is 25.5 Å². The fraction of sp³-hybridized carbons (Fsp3) is 0.188. The van der Waals surface area contributed by atoms with Crippen molar-refractivity contribution in [2.75, 3.05) is 5.32 Å². The molecule has 3 aromatic heterocycles. The van der Waals surface area contributed by atoms with Gasteiger partial charge in [-0.3, -0.25) is 9.78 Å². The molecule has 0 bridgehead atoms. The molecule has 0 fully saturated rings. The number of rotatable bonds is 5. The molecule has 0 unspecified atom stereocenters. The van der Waals surface area contributed by atoms with Crippen molar-refractivity contribution < 1.29 is 4.79 Å². The standard InChI is InChI=1S/C16H15ClN6OS/c1-10(15(24)20-13-4-3-12(17)9-19-13)25-16-22-21-14(23(16)2)11-5-7-18-8-6-11/h3-10H,1-2H3,(H,19,20,24)/t10-/m0/s1. The van der Waals surface area contributed by atoms with Crippen LogP contribution < -0.4 is 5.32 Å². The Morgan fingerprint density at radius 2 is 2.00 bits per heavy atom. The van der Waals surface area contributed by atoms with Gasteiger partial charge in [0.2, 0.25) is 5.91 Å². The van der Waals surface area contributed by atoms with E-state index in [1.165, 1.54) is 18.0 Å². The van der Waals surface area contributed by atoms with Crippen LogP contribution in [0.15, 0.2) is 48.0 Å². The third-order valence-corrected chi connectivity index (χ3v) is 4.76. The highest BCUT2D eigenvalue weighted by Gasteiger charge is 2.19. The predicted molar refractivity (Wildman–Crippen MR) is 97.4 cm³/mol. The van der Waals surface area contributed by atoms with Gasteiger partial charge in [0.1, 0.15) is 5.82 Å². The summed E-state index contributed by atoms with van der Waals surface area (Å²) in [7, 11) is 1.86. The van der Waals surface area contributed by atoms with E-state index in [0.717, 1.165) is 11.4 Å². The lowest BCUT2D eigenvalue weighted by Gasteiger charge is -2.11. The number of amides is 1. The van der Waals surface area contributed by atoms with Gasteiger partial charge in [0, 0.05) is 31.2 Å². The summed E-state index contributed by atoms with van der Waals surface area (Å²) in [4.78, 5) is 20.4. The minimum Gasteiger partial charge on any atom is -0.310 e. The maximum Gasteiger partial charge on any atom is 0.238 e. The Labute approximate surface area is 153 Å². The summed E-state index contributed by atoms with van der Waals surface area (Å²) < 4.78 is 1.85. The maximum atomic E-state index is 12.3. The van der Waals surface area contributed by atoms with Crippen LogP contribution in [0.1, 0.15) is 6.92 Å². The molecule has 25 heavy (non-hydrogen) atoms. The number of nitrogens with one attached hydrogen (secondary N) is 1. The first kappa shape index (κ1) is 17.4. The summed E-state index contributed by atoms with van der Waals surface area (Å²) >= 11 is 7.11. The van der Waals surface area contributed by atoms with Crippen LogP contribution in [-0.2, 0) is 11.8 Å². The summed E-state index contributed by atoms with van der Waals surface area (Å²) in [6.45, 7) is 1.80. The average molecular weight is 375 g/mol. The van der Waals surface area contributed by atoms with E-state index in [9.17, 15) is 4.79 Å². The molecule has 0 aromatic carbocycles. The van der Waals surface area contributed by atoms with E-state index >= 15 is 0 Å². The van der Waals surface area contributed by atoms with Crippen LogP contribution in [0, 0.1) is 0 Å². The van der Waals surface area contributed by atoms with E-state index in [1.54, 1.807) is 31.5 Å². The van der Waals surface area contributed by atoms with Crippen LogP contribution >= 0.6 is 23.4 Å². The zero-order valence-corrected chi connectivity index (χ0v) is 15.1. The molecule has 0 saturated carbocycles. The molecule has 128 valence electrons. The van der Waals surface area contributed by atoms with Crippen molar-refractivity contribution >= 4 is 35.1 Å². The van der Waals surface area contributed by atoms with Gasteiger partial charge < -0.3 is 9.88 Å². The summed E-state index contributed by atoms with van der Waals surface area (Å²) in [5.41, 5.74) is 0.916. The Hall–Kier alpha value is -2.45. The van der Waals surface area contributed by atoms with Gasteiger partial charge in [0.25, 0.3) is 0 Å². The quantitative estimate of drug-likeness (QED) is 0.691. The summed E-state index contributed by atoms with van der Waals surface area (Å²) in [5, 5.41) is 11.9. The summed E-state index contributed by atoms with van der Waals surface area (Å²) in [6, 6.07) is 7.05. The Morgan fingerprint density at radius 1 is 1.24 bits per heavy atom. The van der Waals surface area contributed by atoms with Crippen molar-refractivity contribution in [3.05, 3.63) is 47.9 Å². The lowest BCUT2D eigenvalue weighted by Crippen LogP contribution is -2.23. The Kier molecular flexibility index (Phi) is 5.30. The first-order valence-corrected chi connectivity index (χ1v) is 8.69. The van der Waals surface area contributed by atoms with Gasteiger partial charge in [-0.1, -0.05) is 23.4 Å². The first-order valence-electron chi connectivity index (χ1n) is 7.43. The van der Waals surface area contributed by atoms with E-state index in [1.807, 2.05) is 23.7 Å². The number of nitrogens with zero attached hydrogens (tertiary/aromatic N) is 5. The zero-order chi connectivity index (χ0) is 17.8. The normalized spacial score (nSPS) is 12.0. The maximum absolute atomic E-state index is 12.3. The lowest BCUT2D eigenvalue weighted by atomic mass is 10.2. The SMILES string of the molecule is C[C@H](Sc1nnc(-c2ccncc2)n1C)C(=O)Nc1ccc(Cl)cn1. The number of carbonyl (C=O) groups excluding carboxylic acids is 1. The van der Waals surface area contributed by atoms with Gasteiger partial charge in [-0.2, -0.15) is 0 Å². The molecule has 3 heterocycles. The van der Waals surface area contributed by atoms with Gasteiger partial charge >= 0.3 is 0 Å². The lowest BCUT2D eigenvalue weighted by molar-refractivity contribution is -0.115. The van der Waals surface area contributed by atoms with Crippen LogP contribution in [0.25, 0.3) is 11.4 Å². The highest BCUT2D eigenvalue weighted by molar-refractivity contribution is 8.00.